The highest BCUT2D eigenvalue weighted by Crippen LogP contribution is 2.18. The number of hydrogen-bond acceptors (Lipinski definition) is 3. The van der Waals surface area contributed by atoms with Crippen molar-refractivity contribution in [1.82, 2.24) is 20.1 Å². The van der Waals surface area contributed by atoms with Gasteiger partial charge in [-0.3, -0.25) is 0 Å². The molecule has 1 aromatic heterocycles. The van der Waals surface area contributed by atoms with Crippen molar-refractivity contribution >= 4 is 0 Å². The SMILES string of the molecule is CCC(NCc1nnc2n1CCCC2)c1ccccc1. The van der Waals surface area contributed by atoms with E-state index in [2.05, 4.69) is 57.3 Å². The average molecular weight is 270 g/mol. The molecule has 2 heterocycles. The maximum absolute atomic E-state index is 4.35. The van der Waals surface area contributed by atoms with E-state index in [4.69, 9.17) is 0 Å². The Morgan fingerprint density at radius 3 is 2.85 bits per heavy atom. The van der Waals surface area contributed by atoms with Gasteiger partial charge in [-0.05, 0) is 24.8 Å². The molecule has 3 rings (SSSR count). The van der Waals surface area contributed by atoms with Gasteiger partial charge in [-0.2, -0.15) is 0 Å². The first kappa shape index (κ1) is 13.3. The quantitative estimate of drug-likeness (QED) is 0.908. The largest absolute Gasteiger partial charge is 0.314 e. The lowest BCUT2D eigenvalue weighted by Crippen LogP contribution is -2.23. The van der Waals surface area contributed by atoms with E-state index < -0.39 is 0 Å². The van der Waals surface area contributed by atoms with Crippen LogP contribution in [0.1, 0.15) is 49.4 Å². The lowest BCUT2D eigenvalue weighted by Gasteiger charge is -2.19. The van der Waals surface area contributed by atoms with Gasteiger partial charge in [0.25, 0.3) is 0 Å². The molecule has 0 saturated heterocycles. The van der Waals surface area contributed by atoms with Gasteiger partial charge in [-0.1, -0.05) is 37.3 Å². The van der Waals surface area contributed by atoms with Crippen molar-refractivity contribution in [3.63, 3.8) is 0 Å². The maximum atomic E-state index is 4.35. The number of nitrogens with one attached hydrogen (secondary N) is 1. The number of rotatable bonds is 5. The second kappa shape index (κ2) is 6.18. The Labute approximate surface area is 120 Å². The summed E-state index contributed by atoms with van der Waals surface area (Å²) in [5, 5.41) is 12.3. The summed E-state index contributed by atoms with van der Waals surface area (Å²) in [6, 6.07) is 11.0. The van der Waals surface area contributed by atoms with Crippen LogP contribution in [-0.4, -0.2) is 14.8 Å². The summed E-state index contributed by atoms with van der Waals surface area (Å²) in [4.78, 5) is 0. The Morgan fingerprint density at radius 1 is 1.20 bits per heavy atom. The van der Waals surface area contributed by atoms with Crippen molar-refractivity contribution in [2.24, 2.45) is 0 Å². The van der Waals surface area contributed by atoms with Crippen molar-refractivity contribution in [3.05, 3.63) is 47.5 Å². The van der Waals surface area contributed by atoms with E-state index in [1.165, 1.54) is 18.4 Å². The Kier molecular flexibility index (Phi) is 4.11. The van der Waals surface area contributed by atoms with Gasteiger partial charge < -0.3 is 9.88 Å². The molecule has 0 spiro atoms. The van der Waals surface area contributed by atoms with Crippen LogP contribution in [0.25, 0.3) is 0 Å². The third-order valence-corrected chi connectivity index (χ3v) is 4.05. The Morgan fingerprint density at radius 2 is 2.05 bits per heavy atom. The molecule has 0 saturated carbocycles. The third kappa shape index (κ3) is 2.75. The van der Waals surface area contributed by atoms with Crippen molar-refractivity contribution in [2.75, 3.05) is 0 Å². The third-order valence-electron chi connectivity index (χ3n) is 4.05. The monoisotopic (exact) mass is 270 g/mol. The number of benzene rings is 1. The predicted molar refractivity (Wildman–Crippen MR) is 79.3 cm³/mol. The first-order valence-corrected chi connectivity index (χ1v) is 7.57. The highest BCUT2D eigenvalue weighted by molar-refractivity contribution is 5.18. The molecule has 0 bridgehead atoms. The molecule has 4 nitrogen and oxygen atoms in total. The number of aryl methyl sites for hydroxylation is 1. The topological polar surface area (TPSA) is 42.7 Å². The zero-order chi connectivity index (χ0) is 13.8. The molecule has 1 N–H and O–H groups in total. The van der Waals surface area contributed by atoms with Gasteiger partial charge in [0.05, 0.1) is 6.54 Å². The number of hydrogen-bond donors (Lipinski definition) is 1. The normalized spacial score (nSPS) is 15.8. The lowest BCUT2D eigenvalue weighted by atomic mass is 10.0. The molecule has 0 radical (unpaired) electrons. The Hall–Kier alpha value is -1.68. The summed E-state index contributed by atoms with van der Waals surface area (Å²) in [6.07, 6.45) is 4.63. The summed E-state index contributed by atoms with van der Waals surface area (Å²) < 4.78 is 2.29. The van der Waals surface area contributed by atoms with Gasteiger partial charge >= 0.3 is 0 Å². The predicted octanol–water partition coefficient (Wildman–Crippen LogP) is 2.86. The molecule has 1 aromatic carbocycles. The molecule has 1 atom stereocenters. The first-order valence-electron chi connectivity index (χ1n) is 7.57. The van der Waals surface area contributed by atoms with Gasteiger partial charge in [0.15, 0.2) is 0 Å². The summed E-state index contributed by atoms with van der Waals surface area (Å²) >= 11 is 0. The van der Waals surface area contributed by atoms with Crippen LogP contribution in [0.2, 0.25) is 0 Å². The lowest BCUT2D eigenvalue weighted by molar-refractivity contribution is 0.468. The van der Waals surface area contributed by atoms with Crippen LogP contribution >= 0.6 is 0 Å². The Bertz CT molecular complexity index is 547. The smallest absolute Gasteiger partial charge is 0.147 e. The first-order chi connectivity index (χ1) is 9.88. The molecule has 0 aliphatic carbocycles. The second-order valence-electron chi connectivity index (χ2n) is 5.39. The average Bonchev–Trinajstić information content (AvgIpc) is 2.92. The van der Waals surface area contributed by atoms with Gasteiger partial charge in [0.2, 0.25) is 0 Å². The van der Waals surface area contributed by atoms with Gasteiger partial charge in [0, 0.05) is 19.0 Å². The number of nitrogens with zero attached hydrogens (tertiary/aromatic N) is 3. The molecule has 1 aliphatic rings. The summed E-state index contributed by atoms with van der Waals surface area (Å²) in [5.74, 6) is 2.23. The van der Waals surface area contributed by atoms with Crippen LogP contribution in [-0.2, 0) is 19.5 Å². The fraction of sp³-hybridized carbons (Fsp3) is 0.500. The zero-order valence-electron chi connectivity index (χ0n) is 12.0. The van der Waals surface area contributed by atoms with Crippen molar-refractivity contribution in [3.8, 4) is 0 Å². The minimum Gasteiger partial charge on any atom is -0.314 e. The van der Waals surface area contributed by atoms with Crippen LogP contribution in [0.4, 0.5) is 0 Å². The molecule has 1 aliphatic heterocycles. The molecular formula is C16H22N4. The molecule has 2 aromatic rings. The molecule has 106 valence electrons. The standard InChI is InChI=1S/C16H22N4/c1-2-14(13-8-4-3-5-9-13)17-12-16-19-18-15-10-6-7-11-20(15)16/h3-5,8-9,14,17H,2,6-7,10-12H2,1H3. The highest BCUT2D eigenvalue weighted by Gasteiger charge is 2.16. The van der Waals surface area contributed by atoms with Gasteiger partial charge in [0.1, 0.15) is 11.6 Å². The minimum atomic E-state index is 0.382. The molecule has 0 fully saturated rings. The van der Waals surface area contributed by atoms with Crippen LogP contribution in [0.3, 0.4) is 0 Å². The van der Waals surface area contributed by atoms with E-state index >= 15 is 0 Å². The van der Waals surface area contributed by atoms with Crippen molar-refractivity contribution in [2.45, 2.75) is 51.7 Å². The fourth-order valence-corrected chi connectivity index (χ4v) is 2.90. The van der Waals surface area contributed by atoms with E-state index in [1.54, 1.807) is 0 Å². The van der Waals surface area contributed by atoms with Gasteiger partial charge in [-0.25, -0.2) is 0 Å². The zero-order valence-corrected chi connectivity index (χ0v) is 12.0. The highest BCUT2D eigenvalue weighted by atomic mass is 15.3. The minimum absolute atomic E-state index is 0.382. The summed E-state index contributed by atoms with van der Waals surface area (Å²) in [6.45, 7) is 4.08. The summed E-state index contributed by atoms with van der Waals surface area (Å²) in [5.41, 5.74) is 1.34. The molecule has 20 heavy (non-hydrogen) atoms. The van der Waals surface area contributed by atoms with Crippen LogP contribution < -0.4 is 5.32 Å². The van der Waals surface area contributed by atoms with Gasteiger partial charge in [-0.15, -0.1) is 10.2 Å². The molecule has 1 unspecified atom stereocenters. The maximum Gasteiger partial charge on any atom is 0.147 e. The second-order valence-corrected chi connectivity index (χ2v) is 5.39. The van der Waals surface area contributed by atoms with Crippen LogP contribution in [0.5, 0.6) is 0 Å². The van der Waals surface area contributed by atoms with E-state index in [1.807, 2.05) is 0 Å². The van der Waals surface area contributed by atoms with Crippen LogP contribution in [0, 0.1) is 0 Å². The van der Waals surface area contributed by atoms with Crippen LogP contribution in [0.15, 0.2) is 30.3 Å². The fourth-order valence-electron chi connectivity index (χ4n) is 2.90. The Balaban J connectivity index is 1.68. The summed E-state index contributed by atoms with van der Waals surface area (Å²) in [7, 11) is 0. The van der Waals surface area contributed by atoms with E-state index in [0.29, 0.717) is 6.04 Å². The van der Waals surface area contributed by atoms with E-state index in [9.17, 15) is 0 Å². The number of fused-ring (bicyclic) bond motifs is 1. The molecule has 4 heteroatoms. The van der Waals surface area contributed by atoms with Crippen molar-refractivity contribution < 1.29 is 0 Å². The number of aromatic nitrogens is 3. The molecule has 0 amide bonds. The van der Waals surface area contributed by atoms with E-state index in [-0.39, 0.29) is 0 Å². The van der Waals surface area contributed by atoms with E-state index in [0.717, 1.165) is 37.6 Å². The van der Waals surface area contributed by atoms with Crippen molar-refractivity contribution in [1.29, 1.82) is 0 Å². The molecular weight excluding hydrogens is 248 g/mol.